The van der Waals surface area contributed by atoms with Crippen molar-refractivity contribution in [3.05, 3.63) is 44.3 Å². The first-order valence-corrected chi connectivity index (χ1v) is 7.71. The summed E-state index contributed by atoms with van der Waals surface area (Å²) in [5, 5.41) is 12.6. The number of nitriles is 1. The van der Waals surface area contributed by atoms with Crippen molar-refractivity contribution in [1.29, 1.82) is 5.26 Å². The van der Waals surface area contributed by atoms with E-state index in [0.717, 1.165) is 17.8 Å². The van der Waals surface area contributed by atoms with Crippen molar-refractivity contribution < 1.29 is 0 Å². The summed E-state index contributed by atoms with van der Waals surface area (Å²) in [6.07, 6.45) is 3.74. The fourth-order valence-corrected chi connectivity index (χ4v) is 3.95. The number of pyridine rings is 1. The van der Waals surface area contributed by atoms with E-state index in [9.17, 15) is 5.26 Å². The van der Waals surface area contributed by atoms with Crippen LogP contribution in [0, 0.1) is 25.2 Å². The van der Waals surface area contributed by atoms with Crippen LogP contribution >= 0.6 is 11.3 Å². The molecule has 3 rings (SSSR count). The maximum atomic E-state index is 9.26. The van der Waals surface area contributed by atoms with E-state index in [1.807, 2.05) is 31.3 Å². The van der Waals surface area contributed by atoms with Crippen LogP contribution in [0.3, 0.4) is 0 Å². The smallest absolute Gasteiger partial charge is 0.144 e. The number of aryl methyl sites for hydroxylation is 4. The molecule has 0 amide bonds. The summed E-state index contributed by atoms with van der Waals surface area (Å²) in [5.41, 5.74) is 4.09. The van der Waals surface area contributed by atoms with E-state index in [1.54, 1.807) is 0 Å². The molecule has 102 valence electrons. The van der Waals surface area contributed by atoms with E-state index in [2.05, 4.69) is 22.4 Å². The van der Waals surface area contributed by atoms with Gasteiger partial charge in [-0.3, -0.25) is 0 Å². The number of fused-ring (bicyclic) bond motifs is 1. The van der Waals surface area contributed by atoms with Gasteiger partial charge >= 0.3 is 0 Å². The molecule has 0 saturated heterocycles. The first-order valence-electron chi connectivity index (χ1n) is 6.90. The number of thiophene rings is 1. The largest absolute Gasteiger partial charge is 0.364 e. The van der Waals surface area contributed by atoms with Crippen molar-refractivity contribution in [2.75, 3.05) is 5.32 Å². The Kier molecular flexibility index (Phi) is 3.45. The lowest BCUT2D eigenvalue weighted by Gasteiger charge is -2.09. The first kappa shape index (κ1) is 13.1. The Morgan fingerprint density at radius 1 is 1.35 bits per heavy atom. The number of nitrogens with one attached hydrogen (secondary N) is 1. The fourth-order valence-electron chi connectivity index (χ4n) is 2.75. The van der Waals surface area contributed by atoms with Crippen LogP contribution in [0.1, 0.15) is 38.6 Å². The lowest BCUT2D eigenvalue weighted by atomic mass is 10.1. The molecule has 2 aromatic rings. The molecule has 4 heteroatoms. The second-order valence-corrected chi connectivity index (χ2v) is 6.51. The minimum atomic E-state index is 0.652. The zero-order valence-corrected chi connectivity index (χ0v) is 12.6. The van der Waals surface area contributed by atoms with Crippen LogP contribution in [0.4, 0.5) is 5.82 Å². The Morgan fingerprint density at radius 2 is 2.20 bits per heavy atom. The quantitative estimate of drug-likeness (QED) is 0.933. The molecule has 1 aliphatic rings. The molecule has 0 atom stereocenters. The third-order valence-corrected chi connectivity index (χ3v) is 4.92. The molecular formula is C16H17N3S. The summed E-state index contributed by atoms with van der Waals surface area (Å²) >= 11 is 1.89. The topological polar surface area (TPSA) is 48.7 Å². The van der Waals surface area contributed by atoms with Gasteiger partial charge in [-0.1, -0.05) is 0 Å². The highest BCUT2D eigenvalue weighted by Gasteiger charge is 2.15. The van der Waals surface area contributed by atoms with Crippen LogP contribution in [-0.4, -0.2) is 4.98 Å². The van der Waals surface area contributed by atoms with Crippen LogP contribution in [0.25, 0.3) is 0 Å². The average Bonchev–Trinajstić information content (AvgIpc) is 2.96. The molecule has 2 heterocycles. The highest BCUT2D eigenvalue weighted by atomic mass is 32.1. The minimum absolute atomic E-state index is 0.652. The molecule has 0 fully saturated rings. The van der Waals surface area contributed by atoms with Gasteiger partial charge in [-0.2, -0.15) is 5.26 Å². The Bertz CT molecular complexity index is 673. The number of hydrogen-bond acceptors (Lipinski definition) is 4. The predicted octanol–water partition coefficient (Wildman–Crippen LogP) is 3.73. The average molecular weight is 283 g/mol. The van der Waals surface area contributed by atoms with Crippen molar-refractivity contribution in [2.45, 2.75) is 39.7 Å². The van der Waals surface area contributed by atoms with Crippen molar-refractivity contribution in [3.8, 4) is 6.07 Å². The fraction of sp³-hybridized carbons (Fsp3) is 0.375. The van der Waals surface area contributed by atoms with E-state index in [0.29, 0.717) is 11.4 Å². The van der Waals surface area contributed by atoms with E-state index in [1.165, 1.54) is 34.6 Å². The van der Waals surface area contributed by atoms with Gasteiger partial charge in [-0.05, 0) is 56.4 Å². The van der Waals surface area contributed by atoms with Gasteiger partial charge in [0.05, 0.1) is 12.1 Å². The van der Waals surface area contributed by atoms with Gasteiger partial charge in [0.15, 0.2) is 0 Å². The number of nitrogens with zero attached hydrogens (tertiary/aromatic N) is 2. The third kappa shape index (κ3) is 2.41. The first-order chi connectivity index (χ1) is 9.67. The second kappa shape index (κ2) is 5.26. The number of rotatable bonds is 3. The molecule has 2 aromatic heterocycles. The van der Waals surface area contributed by atoms with Gasteiger partial charge < -0.3 is 5.32 Å². The standard InChI is InChI=1S/C16H17N3S/c1-10-6-11(2)19-16(14(10)8-17)18-9-13-7-12-4-3-5-15(12)20-13/h6-7H,3-5,9H2,1-2H3,(H,18,19). The third-order valence-electron chi connectivity index (χ3n) is 3.68. The highest BCUT2D eigenvalue weighted by molar-refractivity contribution is 7.12. The van der Waals surface area contributed by atoms with Gasteiger partial charge in [-0.25, -0.2) is 4.98 Å². The highest BCUT2D eigenvalue weighted by Crippen LogP contribution is 2.31. The van der Waals surface area contributed by atoms with E-state index in [-0.39, 0.29) is 0 Å². The van der Waals surface area contributed by atoms with Gasteiger partial charge in [0.25, 0.3) is 0 Å². The van der Waals surface area contributed by atoms with Crippen LogP contribution in [0.15, 0.2) is 12.1 Å². The molecule has 0 spiro atoms. The number of aromatic nitrogens is 1. The molecule has 0 unspecified atom stereocenters. The van der Waals surface area contributed by atoms with Gasteiger partial charge in [0.2, 0.25) is 0 Å². The van der Waals surface area contributed by atoms with E-state index in [4.69, 9.17) is 0 Å². The molecule has 3 nitrogen and oxygen atoms in total. The van der Waals surface area contributed by atoms with Crippen LogP contribution in [0.2, 0.25) is 0 Å². The maximum absolute atomic E-state index is 9.26. The monoisotopic (exact) mass is 283 g/mol. The van der Waals surface area contributed by atoms with Crippen molar-refractivity contribution >= 4 is 17.2 Å². The van der Waals surface area contributed by atoms with Gasteiger partial charge in [0.1, 0.15) is 11.9 Å². The number of hydrogen-bond donors (Lipinski definition) is 1. The zero-order chi connectivity index (χ0) is 14.1. The molecule has 0 bridgehead atoms. The zero-order valence-electron chi connectivity index (χ0n) is 11.8. The molecule has 1 aliphatic carbocycles. The Morgan fingerprint density at radius 3 is 2.95 bits per heavy atom. The van der Waals surface area contributed by atoms with Crippen LogP contribution in [-0.2, 0) is 19.4 Å². The minimum Gasteiger partial charge on any atom is -0.364 e. The maximum Gasteiger partial charge on any atom is 0.144 e. The summed E-state index contributed by atoms with van der Waals surface area (Å²) in [7, 11) is 0. The predicted molar refractivity (Wildman–Crippen MR) is 82.1 cm³/mol. The van der Waals surface area contributed by atoms with E-state index >= 15 is 0 Å². The Labute approximate surface area is 123 Å². The SMILES string of the molecule is Cc1cc(C)c(C#N)c(NCc2cc3c(s2)CCC3)n1. The summed E-state index contributed by atoms with van der Waals surface area (Å²) in [6.45, 7) is 4.67. The molecular weight excluding hydrogens is 266 g/mol. The molecule has 0 aromatic carbocycles. The number of anilines is 1. The Hall–Kier alpha value is -1.86. The van der Waals surface area contributed by atoms with Crippen LogP contribution < -0.4 is 5.32 Å². The molecule has 20 heavy (non-hydrogen) atoms. The van der Waals surface area contributed by atoms with Crippen molar-refractivity contribution in [3.63, 3.8) is 0 Å². The van der Waals surface area contributed by atoms with Crippen molar-refractivity contribution in [2.24, 2.45) is 0 Å². The van der Waals surface area contributed by atoms with Gasteiger partial charge in [0, 0.05) is 15.4 Å². The van der Waals surface area contributed by atoms with Gasteiger partial charge in [-0.15, -0.1) is 11.3 Å². The van der Waals surface area contributed by atoms with Crippen molar-refractivity contribution in [1.82, 2.24) is 4.98 Å². The molecule has 0 radical (unpaired) electrons. The summed E-state index contributed by atoms with van der Waals surface area (Å²) in [5.74, 6) is 0.707. The Balaban J connectivity index is 1.79. The summed E-state index contributed by atoms with van der Waals surface area (Å²) < 4.78 is 0. The summed E-state index contributed by atoms with van der Waals surface area (Å²) in [4.78, 5) is 7.32. The van der Waals surface area contributed by atoms with Crippen LogP contribution in [0.5, 0.6) is 0 Å². The lowest BCUT2D eigenvalue weighted by Crippen LogP contribution is -2.04. The molecule has 0 aliphatic heterocycles. The molecule has 1 N–H and O–H groups in total. The molecule has 0 saturated carbocycles. The summed E-state index contributed by atoms with van der Waals surface area (Å²) in [6, 6.07) is 6.49. The normalized spacial score (nSPS) is 13.1. The lowest BCUT2D eigenvalue weighted by molar-refractivity contribution is 0.913. The van der Waals surface area contributed by atoms with E-state index < -0.39 is 0 Å². The second-order valence-electron chi connectivity index (χ2n) is 5.28.